The highest BCUT2D eigenvalue weighted by Gasteiger charge is 2.44. The average Bonchev–Trinajstić information content (AvgIpc) is 3.46. The molecule has 2 aromatic heterocycles. The zero-order chi connectivity index (χ0) is 23.8. The lowest BCUT2D eigenvalue weighted by Crippen LogP contribution is -2.48. The van der Waals surface area contributed by atoms with Crippen molar-refractivity contribution in [1.29, 1.82) is 0 Å². The lowest BCUT2D eigenvalue weighted by atomic mass is 10.1. The van der Waals surface area contributed by atoms with Crippen LogP contribution in [0.15, 0.2) is 42.9 Å². The zero-order valence-corrected chi connectivity index (χ0v) is 19.7. The molecular weight excluding hydrogens is 456 g/mol. The number of nitrogens with one attached hydrogen (secondary N) is 1. The zero-order valence-electron chi connectivity index (χ0n) is 18.9. The smallest absolute Gasteiger partial charge is 0.337 e. The van der Waals surface area contributed by atoms with Crippen LogP contribution in [0.5, 0.6) is 0 Å². The van der Waals surface area contributed by atoms with E-state index in [-0.39, 0.29) is 17.1 Å². The fourth-order valence-electron chi connectivity index (χ4n) is 4.33. The van der Waals surface area contributed by atoms with Crippen molar-refractivity contribution in [1.82, 2.24) is 24.6 Å². The Hall–Kier alpha value is -3.30. The van der Waals surface area contributed by atoms with Gasteiger partial charge >= 0.3 is 5.97 Å². The van der Waals surface area contributed by atoms with Crippen molar-refractivity contribution in [3.05, 3.63) is 54.0 Å². The molecule has 1 saturated heterocycles. The Labute approximate surface area is 202 Å². The van der Waals surface area contributed by atoms with Crippen molar-refractivity contribution in [3.8, 4) is 11.3 Å². The Kier molecular flexibility index (Phi) is 6.05. The maximum Gasteiger partial charge on any atom is 0.337 e. The Balaban J connectivity index is 1.20. The molecule has 0 radical (unpaired) electrons. The Morgan fingerprint density at radius 1 is 1.21 bits per heavy atom. The van der Waals surface area contributed by atoms with E-state index < -0.39 is 0 Å². The van der Waals surface area contributed by atoms with Gasteiger partial charge in [-0.3, -0.25) is 14.4 Å². The van der Waals surface area contributed by atoms with E-state index in [1.807, 2.05) is 29.9 Å². The predicted octanol–water partition coefficient (Wildman–Crippen LogP) is 3.44. The first-order valence-electron chi connectivity index (χ1n) is 11.2. The number of benzene rings is 1. The number of carbonyl (C=O) groups is 2. The molecular formula is C24H25ClN6O3. The third-order valence-electron chi connectivity index (χ3n) is 6.43. The van der Waals surface area contributed by atoms with Gasteiger partial charge in [-0.15, -0.1) is 0 Å². The number of nitrogens with zero attached hydrogens (tertiary/aromatic N) is 5. The molecule has 1 N–H and O–H groups in total. The molecule has 0 spiro atoms. The normalized spacial score (nSPS) is 20.0. The summed E-state index contributed by atoms with van der Waals surface area (Å²) in [6.45, 7) is 4.69. The van der Waals surface area contributed by atoms with Crippen LogP contribution in [0, 0.1) is 18.8 Å². The molecule has 34 heavy (non-hydrogen) atoms. The first-order valence-corrected chi connectivity index (χ1v) is 11.5. The fraction of sp³-hybridized carbons (Fsp3) is 0.375. The quantitative estimate of drug-likeness (QED) is 0.386. The minimum absolute atomic E-state index is 0.0476. The van der Waals surface area contributed by atoms with Gasteiger partial charge in [0.2, 0.25) is 11.2 Å². The molecule has 2 atom stereocenters. The summed E-state index contributed by atoms with van der Waals surface area (Å²) in [4.78, 5) is 34.3. The molecule has 3 heterocycles. The second kappa shape index (κ2) is 9.15. The monoisotopic (exact) mass is 480 g/mol. The lowest BCUT2D eigenvalue weighted by Gasteiger charge is -2.39. The van der Waals surface area contributed by atoms with Gasteiger partial charge in [0.1, 0.15) is 0 Å². The largest absolute Gasteiger partial charge is 0.465 e. The third kappa shape index (κ3) is 4.67. The molecule has 3 aromatic rings. The van der Waals surface area contributed by atoms with Crippen LogP contribution in [-0.2, 0) is 9.53 Å². The molecule has 1 aliphatic carbocycles. The number of rotatable bonds is 8. The number of aryl methyl sites for hydroxylation is 1. The van der Waals surface area contributed by atoms with Crippen molar-refractivity contribution in [2.24, 2.45) is 11.8 Å². The minimum Gasteiger partial charge on any atom is -0.465 e. The predicted molar refractivity (Wildman–Crippen MR) is 127 cm³/mol. The van der Waals surface area contributed by atoms with Gasteiger partial charge in [-0.1, -0.05) is 12.1 Å². The number of ether oxygens (including phenoxy) is 1. The summed E-state index contributed by atoms with van der Waals surface area (Å²) in [6, 6.07) is 7.44. The van der Waals surface area contributed by atoms with Gasteiger partial charge < -0.3 is 10.1 Å². The highest BCUT2D eigenvalue weighted by molar-refractivity contribution is 6.64. The molecule has 0 bridgehead atoms. The second-order valence-electron chi connectivity index (χ2n) is 8.91. The van der Waals surface area contributed by atoms with E-state index in [0.29, 0.717) is 23.5 Å². The van der Waals surface area contributed by atoms with Gasteiger partial charge in [0, 0.05) is 43.5 Å². The second-order valence-corrected chi connectivity index (χ2v) is 9.28. The molecule has 1 aliphatic heterocycles. The number of methoxy groups -OCH3 is 1. The number of aromatic nitrogens is 4. The van der Waals surface area contributed by atoms with E-state index >= 15 is 0 Å². The van der Waals surface area contributed by atoms with E-state index in [1.165, 1.54) is 7.11 Å². The van der Waals surface area contributed by atoms with Crippen molar-refractivity contribution >= 4 is 34.4 Å². The molecule has 5 rings (SSSR count). The standard InChI is InChI=1S/C24H25ClN6O3/c1-14-8-26-24(29-21(14)15-3-5-16(6-4-15)23(33)34-2)28-18-9-27-31(11-18)19-12-30(13-19)10-17-7-20(17)22(25)32/h3-6,8-9,11,17,19-20H,7,10,12-13H2,1-2H3,(H,26,28,29). The van der Waals surface area contributed by atoms with Crippen LogP contribution in [0.3, 0.4) is 0 Å². The van der Waals surface area contributed by atoms with Crippen LogP contribution in [-0.4, -0.2) is 62.6 Å². The molecule has 2 unspecified atom stereocenters. The van der Waals surface area contributed by atoms with Crippen LogP contribution in [0.1, 0.15) is 28.4 Å². The minimum atomic E-state index is -0.373. The summed E-state index contributed by atoms with van der Waals surface area (Å²) < 4.78 is 6.71. The van der Waals surface area contributed by atoms with Gasteiger partial charge in [0.05, 0.1) is 36.3 Å². The van der Waals surface area contributed by atoms with Crippen molar-refractivity contribution in [2.75, 3.05) is 32.1 Å². The SMILES string of the molecule is COC(=O)c1ccc(-c2nc(Nc3cnn(C4CN(CC5CC5C(=O)Cl)C4)c3)ncc2C)cc1. The molecule has 1 saturated carbocycles. The van der Waals surface area contributed by atoms with Crippen LogP contribution in [0.4, 0.5) is 11.6 Å². The number of anilines is 2. The topological polar surface area (TPSA) is 102 Å². The number of likely N-dealkylation sites (tertiary alicyclic amines) is 1. The van der Waals surface area contributed by atoms with E-state index in [0.717, 1.165) is 48.6 Å². The summed E-state index contributed by atoms with van der Waals surface area (Å²) >= 11 is 5.58. The van der Waals surface area contributed by atoms with Crippen LogP contribution >= 0.6 is 11.6 Å². The number of carbonyl (C=O) groups excluding carboxylic acids is 2. The van der Waals surface area contributed by atoms with Gasteiger partial charge in [0.15, 0.2) is 0 Å². The molecule has 10 heteroatoms. The summed E-state index contributed by atoms with van der Waals surface area (Å²) in [7, 11) is 1.36. The summed E-state index contributed by atoms with van der Waals surface area (Å²) in [6.07, 6.45) is 6.40. The fourth-order valence-corrected chi connectivity index (χ4v) is 4.59. The van der Waals surface area contributed by atoms with Gasteiger partial charge in [0.25, 0.3) is 0 Å². The number of halogens is 1. The van der Waals surface area contributed by atoms with E-state index in [4.69, 9.17) is 16.3 Å². The number of hydrogen-bond acceptors (Lipinski definition) is 8. The van der Waals surface area contributed by atoms with Crippen molar-refractivity contribution < 1.29 is 14.3 Å². The Morgan fingerprint density at radius 3 is 2.65 bits per heavy atom. The van der Waals surface area contributed by atoms with Crippen LogP contribution < -0.4 is 5.32 Å². The number of hydrogen-bond donors (Lipinski definition) is 1. The van der Waals surface area contributed by atoms with Crippen molar-refractivity contribution in [2.45, 2.75) is 19.4 Å². The highest BCUT2D eigenvalue weighted by Crippen LogP contribution is 2.42. The van der Waals surface area contributed by atoms with Gasteiger partial charge in [-0.05, 0) is 48.6 Å². The maximum absolute atomic E-state index is 11.7. The average molecular weight is 481 g/mol. The maximum atomic E-state index is 11.7. The van der Waals surface area contributed by atoms with E-state index in [1.54, 1.807) is 24.5 Å². The van der Waals surface area contributed by atoms with Crippen LogP contribution in [0.25, 0.3) is 11.3 Å². The Bertz CT molecular complexity index is 1220. The molecule has 176 valence electrons. The molecule has 9 nitrogen and oxygen atoms in total. The molecule has 1 aromatic carbocycles. The molecule has 2 fully saturated rings. The van der Waals surface area contributed by atoms with Crippen molar-refractivity contribution in [3.63, 3.8) is 0 Å². The number of esters is 1. The summed E-state index contributed by atoms with van der Waals surface area (Å²) in [5, 5.41) is 7.52. The van der Waals surface area contributed by atoms with E-state index in [2.05, 4.69) is 25.3 Å². The lowest BCUT2D eigenvalue weighted by molar-refractivity contribution is -0.113. The van der Waals surface area contributed by atoms with Gasteiger partial charge in [-0.25, -0.2) is 14.8 Å². The molecule has 2 aliphatic rings. The van der Waals surface area contributed by atoms with Gasteiger partial charge in [-0.2, -0.15) is 5.10 Å². The molecule has 0 amide bonds. The van der Waals surface area contributed by atoms with Crippen LogP contribution in [0.2, 0.25) is 0 Å². The summed E-state index contributed by atoms with van der Waals surface area (Å²) in [5.41, 5.74) is 3.89. The highest BCUT2D eigenvalue weighted by atomic mass is 35.5. The Morgan fingerprint density at radius 2 is 1.97 bits per heavy atom. The van der Waals surface area contributed by atoms with E-state index in [9.17, 15) is 9.59 Å². The summed E-state index contributed by atoms with van der Waals surface area (Å²) in [5.74, 6) is 0.553. The third-order valence-corrected chi connectivity index (χ3v) is 6.71. The first-order chi connectivity index (χ1) is 16.4. The first kappa shape index (κ1) is 22.5.